The monoisotopic (exact) mass is 317 g/mol. The third-order valence-electron chi connectivity index (χ3n) is 5.66. The molecule has 0 aliphatic carbocycles. The van der Waals surface area contributed by atoms with Crippen LogP contribution in [-0.4, -0.2) is 73.4 Å². The van der Waals surface area contributed by atoms with Crippen LogP contribution >= 0.6 is 0 Å². The van der Waals surface area contributed by atoms with Crippen LogP contribution in [0.2, 0.25) is 0 Å². The Hall–Kier alpha value is -1.24. The van der Waals surface area contributed by atoms with Gasteiger partial charge in [0, 0.05) is 45.1 Å². The highest BCUT2D eigenvalue weighted by Crippen LogP contribution is 2.40. The summed E-state index contributed by atoms with van der Waals surface area (Å²) < 4.78 is 6.16. The third kappa shape index (κ3) is 3.49. The van der Waals surface area contributed by atoms with Gasteiger partial charge in [-0.15, -0.1) is 0 Å². The molecule has 0 saturated carbocycles. The van der Waals surface area contributed by atoms with Gasteiger partial charge in [-0.3, -0.25) is 9.88 Å². The molecule has 0 bridgehead atoms. The number of piperazine rings is 1. The maximum Gasteiger partial charge on any atom is 0.147 e. The molecule has 23 heavy (non-hydrogen) atoms. The average Bonchev–Trinajstić information content (AvgIpc) is 2.99. The van der Waals surface area contributed by atoms with Crippen LogP contribution < -0.4 is 10.2 Å². The summed E-state index contributed by atoms with van der Waals surface area (Å²) in [5.41, 5.74) is 0.470. The number of anilines is 1. The van der Waals surface area contributed by atoms with E-state index in [1.165, 1.54) is 19.3 Å². The second-order valence-corrected chi connectivity index (χ2v) is 7.24. The Kier molecular flexibility index (Phi) is 4.46. The maximum atomic E-state index is 6.16. The Morgan fingerprint density at radius 3 is 2.74 bits per heavy atom. The van der Waals surface area contributed by atoms with E-state index in [0.717, 1.165) is 58.2 Å². The van der Waals surface area contributed by atoms with Crippen LogP contribution in [0, 0.1) is 5.41 Å². The van der Waals surface area contributed by atoms with Crippen molar-refractivity contribution in [3.63, 3.8) is 0 Å². The highest BCUT2D eigenvalue weighted by Gasteiger charge is 2.41. The van der Waals surface area contributed by atoms with E-state index in [1.807, 2.05) is 6.20 Å². The third-order valence-corrected chi connectivity index (χ3v) is 5.66. The topological polar surface area (TPSA) is 53.5 Å². The number of aromatic nitrogens is 2. The molecule has 0 aromatic carbocycles. The summed E-state index contributed by atoms with van der Waals surface area (Å²) in [4.78, 5) is 13.4. The summed E-state index contributed by atoms with van der Waals surface area (Å²) in [5, 5.41) is 3.47. The average molecular weight is 317 g/mol. The number of nitrogens with one attached hydrogen (secondary N) is 1. The molecular formula is C17H27N5O. The van der Waals surface area contributed by atoms with Crippen molar-refractivity contribution >= 4 is 5.82 Å². The first-order chi connectivity index (χ1) is 11.3. The molecule has 3 saturated heterocycles. The van der Waals surface area contributed by atoms with Crippen LogP contribution in [0.15, 0.2) is 18.6 Å². The van der Waals surface area contributed by atoms with Crippen molar-refractivity contribution in [2.24, 2.45) is 5.41 Å². The minimum atomic E-state index is 0.427. The van der Waals surface area contributed by atoms with Crippen molar-refractivity contribution in [3.05, 3.63) is 18.6 Å². The van der Waals surface area contributed by atoms with Crippen LogP contribution in [-0.2, 0) is 4.74 Å². The van der Waals surface area contributed by atoms with Crippen molar-refractivity contribution in [2.45, 2.75) is 25.4 Å². The molecule has 1 atom stereocenters. The quantitative estimate of drug-likeness (QED) is 0.888. The number of hydrogen-bond acceptors (Lipinski definition) is 6. The molecule has 3 aliphatic rings. The SMILES string of the molecule is c1cnc(N2CCN(CC3CC4(CCNCC4)CO3)CC2)cn1. The Labute approximate surface area is 138 Å². The zero-order valence-corrected chi connectivity index (χ0v) is 13.8. The maximum absolute atomic E-state index is 6.16. The van der Waals surface area contributed by atoms with E-state index in [2.05, 4.69) is 25.1 Å². The zero-order chi connectivity index (χ0) is 15.5. The lowest BCUT2D eigenvalue weighted by Crippen LogP contribution is -2.49. The zero-order valence-electron chi connectivity index (χ0n) is 13.8. The van der Waals surface area contributed by atoms with Gasteiger partial charge in [0.25, 0.3) is 0 Å². The Morgan fingerprint density at radius 1 is 1.17 bits per heavy atom. The van der Waals surface area contributed by atoms with Gasteiger partial charge in [0.1, 0.15) is 5.82 Å². The lowest BCUT2D eigenvalue weighted by Gasteiger charge is -2.36. The Balaban J connectivity index is 1.25. The lowest BCUT2D eigenvalue weighted by molar-refractivity contribution is 0.0600. The normalized spacial score (nSPS) is 28.3. The largest absolute Gasteiger partial charge is 0.376 e. The number of hydrogen-bond donors (Lipinski definition) is 1. The molecule has 0 radical (unpaired) electrons. The fraction of sp³-hybridized carbons (Fsp3) is 0.765. The highest BCUT2D eigenvalue weighted by atomic mass is 16.5. The number of piperidine rings is 1. The second-order valence-electron chi connectivity index (χ2n) is 7.24. The molecule has 3 fully saturated rings. The highest BCUT2D eigenvalue weighted by molar-refractivity contribution is 5.35. The molecule has 1 spiro atoms. The van der Waals surface area contributed by atoms with E-state index in [0.29, 0.717) is 11.5 Å². The van der Waals surface area contributed by atoms with E-state index in [-0.39, 0.29) is 0 Å². The molecule has 1 aromatic rings. The number of rotatable bonds is 3. The summed E-state index contributed by atoms with van der Waals surface area (Å²) in [7, 11) is 0. The van der Waals surface area contributed by atoms with Gasteiger partial charge >= 0.3 is 0 Å². The van der Waals surface area contributed by atoms with Crippen molar-refractivity contribution < 1.29 is 4.74 Å². The summed E-state index contributed by atoms with van der Waals surface area (Å²) >= 11 is 0. The molecule has 1 unspecified atom stereocenters. The van der Waals surface area contributed by atoms with Crippen LogP contribution in [0.3, 0.4) is 0 Å². The van der Waals surface area contributed by atoms with Crippen molar-refractivity contribution in [3.8, 4) is 0 Å². The van der Waals surface area contributed by atoms with Gasteiger partial charge in [-0.05, 0) is 37.8 Å². The Morgan fingerprint density at radius 2 is 2.00 bits per heavy atom. The summed E-state index contributed by atoms with van der Waals surface area (Å²) in [6, 6.07) is 0. The predicted molar refractivity (Wildman–Crippen MR) is 89.6 cm³/mol. The van der Waals surface area contributed by atoms with Gasteiger partial charge in [0.2, 0.25) is 0 Å². The van der Waals surface area contributed by atoms with Crippen molar-refractivity contribution in [1.29, 1.82) is 0 Å². The molecule has 4 heterocycles. The first kappa shape index (κ1) is 15.3. The molecule has 126 valence electrons. The molecule has 1 aromatic heterocycles. The van der Waals surface area contributed by atoms with Crippen LogP contribution in [0.4, 0.5) is 5.82 Å². The van der Waals surface area contributed by atoms with Crippen LogP contribution in [0.25, 0.3) is 0 Å². The van der Waals surface area contributed by atoms with Crippen molar-refractivity contribution in [2.75, 3.05) is 57.3 Å². The molecule has 3 aliphatic heterocycles. The predicted octanol–water partition coefficient (Wildman–Crippen LogP) is 0.757. The molecule has 6 nitrogen and oxygen atoms in total. The minimum Gasteiger partial charge on any atom is -0.376 e. The van der Waals surface area contributed by atoms with Gasteiger partial charge in [-0.25, -0.2) is 4.98 Å². The first-order valence-electron chi connectivity index (χ1n) is 8.89. The number of ether oxygens (including phenoxy) is 1. The Bertz CT molecular complexity index is 497. The van der Waals surface area contributed by atoms with E-state index in [4.69, 9.17) is 4.74 Å². The van der Waals surface area contributed by atoms with Gasteiger partial charge < -0.3 is 15.0 Å². The van der Waals surface area contributed by atoms with E-state index >= 15 is 0 Å². The second kappa shape index (κ2) is 6.71. The molecule has 1 N–H and O–H groups in total. The summed E-state index contributed by atoms with van der Waals surface area (Å²) in [5.74, 6) is 0.998. The minimum absolute atomic E-state index is 0.427. The van der Waals surface area contributed by atoms with Crippen LogP contribution in [0.5, 0.6) is 0 Å². The van der Waals surface area contributed by atoms with E-state index in [9.17, 15) is 0 Å². The van der Waals surface area contributed by atoms with Gasteiger partial charge in [-0.1, -0.05) is 0 Å². The van der Waals surface area contributed by atoms with Crippen molar-refractivity contribution in [1.82, 2.24) is 20.2 Å². The number of nitrogens with zero attached hydrogens (tertiary/aromatic N) is 4. The van der Waals surface area contributed by atoms with E-state index < -0.39 is 0 Å². The fourth-order valence-electron chi connectivity index (χ4n) is 4.22. The fourth-order valence-corrected chi connectivity index (χ4v) is 4.22. The summed E-state index contributed by atoms with van der Waals surface area (Å²) in [6.45, 7) is 8.61. The molecule has 0 amide bonds. The molecule has 6 heteroatoms. The van der Waals surface area contributed by atoms with Gasteiger partial charge in [-0.2, -0.15) is 0 Å². The lowest BCUT2D eigenvalue weighted by atomic mass is 9.77. The van der Waals surface area contributed by atoms with Crippen LogP contribution in [0.1, 0.15) is 19.3 Å². The standard InChI is InChI=1S/C17H27N5O/c1-3-18-4-2-17(1)11-15(23-14-17)13-21-7-9-22(10-8-21)16-12-19-5-6-20-16/h5-6,12,15,18H,1-4,7-11,13-14H2. The molecule has 4 rings (SSSR count). The summed E-state index contributed by atoms with van der Waals surface area (Å²) in [6.07, 6.45) is 9.60. The van der Waals surface area contributed by atoms with Gasteiger partial charge in [0.05, 0.1) is 18.9 Å². The molecular weight excluding hydrogens is 290 g/mol. The van der Waals surface area contributed by atoms with E-state index in [1.54, 1.807) is 12.4 Å². The van der Waals surface area contributed by atoms with Gasteiger partial charge in [0.15, 0.2) is 0 Å². The smallest absolute Gasteiger partial charge is 0.147 e. The first-order valence-corrected chi connectivity index (χ1v) is 8.89.